The summed E-state index contributed by atoms with van der Waals surface area (Å²) in [5.41, 5.74) is -2.90. The Kier molecular flexibility index (Phi) is 6.21. The van der Waals surface area contributed by atoms with E-state index in [0.29, 0.717) is 54.6 Å². The van der Waals surface area contributed by atoms with Gasteiger partial charge in [0, 0.05) is 13.0 Å². The van der Waals surface area contributed by atoms with Crippen LogP contribution in [0, 0.1) is 46.3 Å². The van der Waals surface area contributed by atoms with E-state index in [1.165, 1.54) is 19.3 Å². The highest BCUT2D eigenvalue weighted by molar-refractivity contribution is 5.11. The zero-order valence-corrected chi connectivity index (χ0v) is 21.3. The van der Waals surface area contributed by atoms with Crippen molar-refractivity contribution in [1.29, 1.82) is 0 Å². The zero-order chi connectivity index (χ0) is 24.6. The molecule has 0 amide bonds. The summed E-state index contributed by atoms with van der Waals surface area (Å²) >= 11 is 0. The molecule has 0 radical (unpaired) electrons. The third kappa shape index (κ3) is 3.88. The van der Waals surface area contributed by atoms with Crippen LogP contribution in [0.2, 0.25) is 0 Å². The lowest BCUT2D eigenvalue weighted by Gasteiger charge is -2.62. The van der Waals surface area contributed by atoms with E-state index >= 15 is 0 Å². The lowest BCUT2D eigenvalue weighted by atomic mass is 9.43. The van der Waals surface area contributed by atoms with E-state index < -0.39 is 17.4 Å². The standard InChI is InChI=1S/C28H45F3O3/c1-18(8-11-26(32)14-15-34-17-26)21-6-7-22-20-5-4-19-16-27(33,28(29,30)31)13-12-24(19,2)23(20)9-10-25(21,22)3/h18-23,32-33H,4-17H2,1-3H3/t18-,19+,20+,21-,22+,23+,24+,25-,26?,27+/m1/s1. The third-order valence-corrected chi connectivity index (χ3v) is 12.2. The van der Waals surface area contributed by atoms with Gasteiger partial charge in [0.1, 0.15) is 0 Å². The van der Waals surface area contributed by atoms with Crippen LogP contribution in [0.3, 0.4) is 0 Å². The lowest BCUT2D eigenvalue weighted by molar-refractivity contribution is -0.290. The van der Waals surface area contributed by atoms with Gasteiger partial charge in [-0.1, -0.05) is 20.8 Å². The Bertz CT molecular complexity index is 764. The molecule has 4 aliphatic carbocycles. The van der Waals surface area contributed by atoms with Gasteiger partial charge in [-0.25, -0.2) is 0 Å². The molecule has 1 heterocycles. The SMILES string of the molecule is C[C@H](CCC1(O)CCOC1)[C@H]1CC[C@H]2[C@@H]3CC[C@H]4C[C@](O)(C(F)(F)F)CC[C@]4(C)[C@H]3CC[C@]12C. The Hall–Kier alpha value is -0.330. The smallest absolute Gasteiger partial charge is 0.387 e. The molecule has 0 bridgehead atoms. The van der Waals surface area contributed by atoms with Crippen molar-refractivity contribution in [3.8, 4) is 0 Å². The molecule has 3 nitrogen and oxygen atoms in total. The minimum Gasteiger partial charge on any atom is -0.387 e. The van der Waals surface area contributed by atoms with E-state index in [4.69, 9.17) is 4.74 Å². The van der Waals surface area contributed by atoms with E-state index in [2.05, 4.69) is 20.8 Å². The molecule has 5 fully saturated rings. The van der Waals surface area contributed by atoms with E-state index in [9.17, 15) is 23.4 Å². The first kappa shape index (κ1) is 25.3. The highest BCUT2D eigenvalue weighted by Gasteiger charge is 2.65. The maximum absolute atomic E-state index is 13.6. The van der Waals surface area contributed by atoms with Gasteiger partial charge in [-0.2, -0.15) is 13.2 Å². The van der Waals surface area contributed by atoms with Gasteiger partial charge in [0.25, 0.3) is 0 Å². The normalized spacial score (nSPS) is 52.1. The molecule has 2 N–H and O–H groups in total. The molecule has 4 saturated carbocycles. The zero-order valence-electron chi connectivity index (χ0n) is 21.3. The second-order valence-electron chi connectivity index (χ2n) is 13.7. The predicted octanol–water partition coefficient (Wildman–Crippen LogP) is 6.51. The quantitative estimate of drug-likeness (QED) is 0.476. The number of fused-ring (bicyclic) bond motifs is 5. The van der Waals surface area contributed by atoms with Crippen LogP contribution in [0.25, 0.3) is 0 Å². The summed E-state index contributed by atoms with van der Waals surface area (Å²) in [5.74, 6) is 2.98. The van der Waals surface area contributed by atoms with Crippen molar-refractivity contribution < 1.29 is 28.1 Å². The van der Waals surface area contributed by atoms with Gasteiger partial charge >= 0.3 is 6.18 Å². The Labute approximate surface area is 203 Å². The largest absolute Gasteiger partial charge is 0.417 e. The van der Waals surface area contributed by atoms with Crippen molar-refractivity contribution in [2.45, 2.75) is 115 Å². The minimum absolute atomic E-state index is 0.0241. The first-order chi connectivity index (χ1) is 15.8. The monoisotopic (exact) mass is 486 g/mol. The lowest BCUT2D eigenvalue weighted by Crippen LogP contribution is -2.59. The van der Waals surface area contributed by atoms with Gasteiger partial charge in [0.2, 0.25) is 0 Å². The fourth-order valence-electron chi connectivity index (χ4n) is 9.97. The summed E-state index contributed by atoms with van der Waals surface area (Å²) in [4.78, 5) is 0. The summed E-state index contributed by atoms with van der Waals surface area (Å²) in [6.45, 7) is 8.27. The summed E-state index contributed by atoms with van der Waals surface area (Å²) in [6, 6.07) is 0. The van der Waals surface area contributed by atoms with Crippen LogP contribution in [0.15, 0.2) is 0 Å². The van der Waals surface area contributed by atoms with E-state index in [-0.39, 0.29) is 24.2 Å². The molecule has 1 saturated heterocycles. The molecule has 5 rings (SSSR count). The van der Waals surface area contributed by atoms with Crippen LogP contribution in [0.4, 0.5) is 13.2 Å². The minimum atomic E-state index is -4.52. The fourth-order valence-corrected chi connectivity index (χ4v) is 9.97. The first-order valence-corrected chi connectivity index (χ1v) is 13.9. The molecule has 0 spiro atoms. The summed E-state index contributed by atoms with van der Waals surface area (Å²) in [7, 11) is 0. The maximum atomic E-state index is 13.6. The van der Waals surface area contributed by atoms with Crippen LogP contribution in [-0.4, -0.2) is 40.8 Å². The average molecular weight is 487 g/mol. The van der Waals surface area contributed by atoms with Crippen molar-refractivity contribution >= 4 is 0 Å². The predicted molar refractivity (Wildman–Crippen MR) is 125 cm³/mol. The van der Waals surface area contributed by atoms with Gasteiger partial charge in [-0.3, -0.25) is 0 Å². The molecule has 0 aromatic heterocycles. The van der Waals surface area contributed by atoms with Crippen LogP contribution < -0.4 is 0 Å². The molecule has 0 aromatic carbocycles. The Balaban J connectivity index is 1.28. The molecule has 1 aliphatic heterocycles. The molecule has 0 aromatic rings. The highest BCUT2D eigenvalue weighted by Crippen LogP contribution is 2.69. The van der Waals surface area contributed by atoms with Crippen LogP contribution in [0.5, 0.6) is 0 Å². The number of aliphatic hydroxyl groups is 2. The van der Waals surface area contributed by atoms with E-state index in [1.807, 2.05) is 0 Å². The number of hydrogen-bond donors (Lipinski definition) is 2. The van der Waals surface area contributed by atoms with Crippen molar-refractivity contribution in [3.05, 3.63) is 0 Å². The molecular weight excluding hydrogens is 441 g/mol. The second-order valence-corrected chi connectivity index (χ2v) is 13.7. The van der Waals surface area contributed by atoms with E-state index in [1.54, 1.807) is 0 Å². The molecular formula is C28H45F3O3. The molecule has 34 heavy (non-hydrogen) atoms. The summed E-state index contributed by atoms with van der Waals surface area (Å²) in [6.07, 6.45) is 4.97. The average Bonchev–Trinajstić information content (AvgIpc) is 3.35. The van der Waals surface area contributed by atoms with E-state index in [0.717, 1.165) is 38.5 Å². The van der Waals surface area contributed by atoms with Gasteiger partial charge in [-0.15, -0.1) is 0 Å². The number of hydrogen-bond acceptors (Lipinski definition) is 3. The number of alkyl halides is 3. The molecule has 5 aliphatic rings. The maximum Gasteiger partial charge on any atom is 0.417 e. The van der Waals surface area contributed by atoms with Crippen molar-refractivity contribution in [1.82, 2.24) is 0 Å². The molecule has 1 unspecified atom stereocenters. The Morgan fingerprint density at radius 1 is 0.912 bits per heavy atom. The summed E-state index contributed by atoms with van der Waals surface area (Å²) in [5, 5.41) is 21.2. The number of rotatable bonds is 4. The molecule has 6 heteroatoms. The van der Waals surface area contributed by atoms with Crippen LogP contribution >= 0.6 is 0 Å². The first-order valence-electron chi connectivity index (χ1n) is 13.9. The highest BCUT2D eigenvalue weighted by atomic mass is 19.4. The van der Waals surface area contributed by atoms with Crippen LogP contribution in [0.1, 0.15) is 97.8 Å². The van der Waals surface area contributed by atoms with Gasteiger partial charge in [0.15, 0.2) is 5.60 Å². The topological polar surface area (TPSA) is 49.7 Å². The van der Waals surface area contributed by atoms with Gasteiger partial charge in [0.05, 0.1) is 12.2 Å². The van der Waals surface area contributed by atoms with Gasteiger partial charge < -0.3 is 14.9 Å². The number of ether oxygens (including phenoxy) is 1. The van der Waals surface area contributed by atoms with Gasteiger partial charge in [-0.05, 0) is 117 Å². The van der Waals surface area contributed by atoms with Crippen molar-refractivity contribution in [3.63, 3.8) is 0 Å². The van der Waals surface area contributed by atoms with Crippen molar-refractivity contribution in [2.24, 2.45) is 46.3 Å². The molecule has 196 valence electrons. The summed E-state index contributed by atoms with van der Waals surface area (Å²) < 4.78 is 46.2. The van der Waals surface area contributed by atoms with Crippen molar-refractivity contribution in [2.75, 3.05) is 13.2 Å². The fraction of sp³-hybridized carbons (Fsp3) is 1.00. The third-order valence-electron chi connectivity index (χ3n) is 12.2. The second kappa shape index (κ2) is 8.34. The Morgan fingerprint density at radius 2 is 1.65 bits per heavy atom. The Morgan fingerprint density at radius 3 is 2.32 bits per heavy atom. The molecule has 10 atom stereocenters. The number of halogens is 3. The van der Waals surface area contributed by atoms with Crippen LogP contribution in [-0.2, 0) is 4.74 Å².